The average Bonchev–Trinajstić information content (AvgIpc) is 4.20. The molecule has 17 rings (SSSR count). The molecule has 7 heteroatoms. The SMILES string of the molecule is O=c1c2ccccc2oc2cc3c(cc12)c1cc(-n2c4ccccc4c4ccccc42)ccc1c1cc2c(cc1c1cc(-n4c5ccccc5c5ccccc54)cnc13)n(-c1ccccc1)c1ccccc1n2-c1ccccc1. The number of pyridine rings is 1. The van der Waals surface area contributed by atoms with Crippen molar-refractivity contribution >= 4 is 131 Å². The number of fused-ring (bicyclic) bond motifs is 18. The molecule has 0 spiro atoms. The first-order valence-corrected chi connectivity index (χ1v) is 26.7. The van der Waals surface area contributed by atoms with E-state index < -0.39 is 0 Å². The Morgan fingerprint density at radius 1 is 0.253 bits per heavy atom. The summed E-state index contributed by atoms with van der Waals surface area (Å²) in [6.07, 6.45) is 2.01. The van der Waals surface area contributed by atoms with Gasteiger partial charge in [0.15, 0.2) is 0 Å². The lowest BCUT2D eigenvalue weighted by Gasteiger charge is -2.23. The molecule has 0 aliphatic carbocycles. The molecule has 0 bridgehead atoms. The molecule has 368 valence electrons. The van der Waals surface area contributed by atoms with Crippen LogP contribution in [0.2, 0.25) is 0 Å². The van der Waals surface area contributed by atoms with E-state index in [9.17, 15) is 4.79 Å². The van der Waals surface area contributed by atoms with E-state index >= 15 is 0 Å². The number of para-hydroxylation sites is 9. The Morgan fingerprint density at radius 2 is 0.658 bits per heavy atom. The van der Waals surface area contributed by atoms with Crippen molar-refractivity contribution in [1.29, 1.82) is 0 Å². The lowest BCUT2D eigenvalue weighted by molar-refractivity contribution is 0.660. The second-order valence-electron chi connectivity index (χ2n) is 20.6. The maximum absolute atomic E-state index is 14.9. The third-order valence-corrected chi connectivity index (χ3v) is 16.4. The van der Waals surface area contributed by atoms with Crippen molar-refractivity contribution in [3.05, 3.63) is 271 Å². The van der Waals surface area contributed by atoms with Gasteiger partial charge in [-0.3, -0.25) is 9.78 Å². The fourth-order valence-electron chi connectivity index (χ4n) is 13.0. The van der Waals surface area contributed by atoms with Gasteiger partial charge in [0, 0.05) is 49.4 Å². The minimum absolute atomic E-state index is 0.0793. The molecule has 5 heterocycles. The fraction of sp³-hybridized carbons (Fsp3) is 0. The molecule has 7 nitrogen and oxygen atoms in total. The summed E-state index contributed by atoms with van der Waals surface area (Å²) >= 11 is 0. The lowest BCUT2D eigenvalue weighted by atomic mass is 9.94. The van der Waals surface area contributed by atoms with Crippen molar-refractivity contribution in [2.75, 3.05) is 0 Å². The highest BCUT2D eigenvalue weighted by atomic mass is 16.3. The summed E-state index contributed by atoms with van der Waals surface area (Å²) in [5.41, 5.74) is 14.3. The van der Waals surface area contributed by atoms with Crippen LogP contribution in [0.4, 0.5) is 0 Å². The Kier molecular flexibility index (Phi) is 9.15. The van der Waals surface area contributed by atoms with E-state index in [0.29, 0.717) is 21.9 Å². The predicted molar refractivity (Wildman–Crippen MR) is 328 cm³/mol. The smallest absolute Gasteiger partial charge is 0.200 e. The summed E-state index contributed by atoms with van der Waals surface area (Å²) < 4.78 is 16.3. The Labute approximate surface area is 450 Å². The van der Waals surface area contributed by atoms with E-state index in [-0.39, 0.29) is 5.43 Å². The van der Waals surface area contributed by atoms with Gasteiger partial charge in [-0.1, -0.05) is 140 Å². The van der Waals surface area contributed by atoms with Gasteiger partial charge < -0.3 is 22.7 Å². The largest absolute Gasteiger partial charge is 0.456 e. The van der Waals surface area contributed by atoms with Crippen molar-refractivity contribution in [2.45, 2.75) is 0 Å². The fourth-order valence-corrected chi connectivity index (χ4v) is 13.0. The summed E-state index contributed by atoms with van der Waals surface area (Å²) in [4.78, 5) is 20.6. The van der Waals surface area contributed by atoms with Crippen molar-refractivity contribution in [3.63, 3.8) is 0 Å². The highest BCUT2D eigenvalue weighted by Crippen LogP contribution is 2.43. The van der Waals surface area contributed by atoms with Crippen LogP contribution in [0.1, 0.15) is 0 Å². The molecule has 0 saturated carbocycles. The maximum Gasteiger partial charge on any atom is 0.200 e. The van der Waals surface area contributed by atoms with Crippen LogP contribution >= 0.6 is 0 Å². The molecular weight excluding hydrogens is 967 g/mol. The quantitative estimate of drug-likeness (QED) is 0.165. The summed E-state index contributed by atoms with van der Waals surface area (Å²) in [7, 11) is 0. The van der Waals surface area contributed by atoms with Gasteiger partial charge in [0.1, 0.15) is 11.2 Å². The van der Waals surface area contributed by atoms with Gasteiger partial charge in [0.25, 0.3) is 0 Å². The number of benzene rings is 11. The highest BCUT2D eigenvalue weighted by molar-refractivity contribution is 6.28. The Hall–Kier alpha value is -10.8. The van der Waals surface area contributed by atoms with E-state index in [1.807, 2.05) is 30.5 Å². The lowest BCUT2D eigenvalue weighted by Crippen LogP contribution is -2.08. The number of rotatable bonds is 4. The monoisotopic (exact) mass is 1010 g/mol. The van der Waals surface area contributed by atoms with Crippen molar-refractivity contribution < 1.29 is 4.42 Å². The summed E-state index contributed by atoms with van der Waals surface area (Å²) in [5.74, 6) is 0. The van der Waals surface area contributed by atoms with Crippen LogP contribution in [0.3, 0.4) is 0 Å². The van der Waals surface area contributed by atoms with E-state index in [2.05, 4.69) is 249 Å². The molecule has 0 unspecified atom stereocenters. The van der Waals surface area contributed by atoms with Crippen LogP contribution in [0.5, 0.6) is 0 Å². The van der Waals surface area contributed by atoms with E-state index in [4.69, 9.17) is 9.40 Å². The first-order valence-electron chi connectivity index (χ1n) is 26.7. The standard InChI is InChI=1S/C72H43N5O2/c78-72-53-27-11-18-34-69(53)79-70-42-59-55(39-60(70)72)54-37-46(76-61-28-12-7-23-49(61)50-24-8-13-29-62(50)76)35-36-48(54)56-40-67-68(75(45-21-5-2-6-22-45)66-33-17-16-32-65(66)74(67)44-19-3-1-4-20-44)41-57(56)58-38-47(43-73-71(58)59)77-63-30-14-9-25-51(63)52-26-10-15-31-64(52)77/h1-43H. The Bertz CT molecular complexity index is 5480. The summed E-state index contributed by atoms with van der Waals surface area (Å²) in [6.45, 7) is 0. The van der Waals surface area contributed by atoms with Crippen LogP contribution in [0, 0.1) is 0 Å². The highest BCUT2D eigenvalue weighted by Gasteiger charge is 2.22. The van der Waals surface area contributed by atoms with E-state index in [1.54, 1.807) is 0 Å². The normalized spacial score (nSPS) is 12.1. The zero-order valence-corrected chi connectivity index (χ0v) is 42.4. The number of hydrogen-bond donors (Lipinski definition) is 0. The first-order chi connectivity index (χ1) is 39.1. The molecule has 0 radical (unpaired) electrons. The van der Waals surface area contributed by atoms with Gasteiger partial charge in [0.2, 0.25) is 5.43 Å². The van der Waals surface area contributed by atoms with Crippen LogP contribution in [0.25, 0.3) is 154 Å². The third kappa shape index (κ3) is 6.29. The van der Waals surface area contributed by atoms with Gasteiger partial charge >= 0.3 is 0 Å². The van der Waals surface area contributed by atoms with E-state index in [1.165, 1.54) is 21.5 Å². The maximum atomic E-state index is 14.9. The Morgan fingerprint density at radius 3 is 1.22 bits per heavy atom. The van der Waals surface area contributed by atoms with Crippen molar-refractivity contribution in [1.82, 2.24) is 23.3 Å². The van der Waals surface area contributed by atoms with Crippen molar-refractivity contribution in [2.24, 2.45) is 0 Å². The zero-order valence-electron chi connectivity index (χ0n) is 42.4. The van der Waals surface area contributed by atoms with Crippen LogP contribution < -0.4 is 5.43 Å². The molecule has 79 heavy (non-hydrogen) atoms. The molecule has 0 N–H and O–H groups in total. The first kappa shape index (κ1) is 43.5. The van der Waals surface area contributed by atoms with Crippen LogP contribution in [-0.4, -0.2) is 23.3 Å². The van der Waals surface area contributed by atoms with Gasteiger partial charge in [-0.25, -0.2) is 0 Å². The van der Waals surface area contributed by atoms with E-state index in [0.717, 1.165) is 110 Å². The summed E-state index contributed by atoms with van der Waals surface area (Å²) in [5, 5.41) is 12.4. The van der Waals surface area contributed by atoms with Crippen molar-refractivity contribution in [3.8, 4) is 22.7 Å². The minimum Gasteiger partial charge on any atom is -0.456 e. The molecule has 0 amide bonds. The second kappa shape index (κ2) is 16.6. The second-order valence-corrected chi connectivity index (χ2v) is 20.6. The molecule has 17 aromatic rings. The molecule has 0 fully saturated rings. The van der Waals surface area contributed by atoms with Crippen LogP contribution in [-0.2, 0) is 0 Å². The molecular formula is C72H43N5O2. The Balaban J connectivity index is 1.14. The molecule has 0 aliphatic heterocycles. The minimum atomic E-state index is -0.0793. The molecule has 0 atom stereocenters. The predicted octanol–water partition coefficient (Wildman–Crippen LogP) is 18.2. The number of nitrogens with zero attached hydrogens (tertiary/aromatic N) is 5. The molecule has 0 aliphatic rings. The number of aromatic nitrogens is 5. The van der Waals surface area contributed by atoms with Gasteiger partial charge in [-0.15, -0.1) is 0 Å². The topological polar surface area (TPSA) is 62.8 Å². The van der Waals surface area contributed by atoms with Gasteiger partial charge in [-0.2, -0.15) is 0 Å². The zero-order chi connectivity index (χ0) is 51.9. The average molecular weight is 1010 g/mol. The molecule has 0 saturated heterocycles. The van der Waals surface area contributed by atoms with Crippen LogP contribution in [0.15, 0.2) is 270 Å². The molecule has 5 aromatic heterocycles. The number of hydrogen-bond acceptors (Lipinski definition) is 3. The summed E-state index contributed by atoms with van der Waals surface area (Å²) in [6, 6.07) is 90.2. The molecule has 12 aromatic carbocycles. The van der Waals surface area contributed by atoms with Gasteiger partial charge in [0.05, 0.1) is 72.3 Å². The third-order valence-electron chi connectivity index (χ3n) is 16.4. The van der Waals surface area contributed by atoms with Gasteiger partial charge in [-0.05, 0) is 142 Å².